The zero-order chi connectivity index (χ0) is 15.2. The fourth-order valence-electron chi connectivity index (χ4n) is 1.98. The van der Waals surface area contributed by atoms with Gasteiger partial charge >= 0.3 is 5.97 Å². The molecule has 2 rings (SSSR count). The van der Waals surface area contributed by atoms with Crippen LogP contribution in [0.1, 0.15) is 22.8 Å². The predicted molar refractivity (Wildman–Crippen MR) is 76.6 cm³/mol. The van der Waals surface area contributed by atoms with E-state index in [4.69, 9.17) is 5.11 Å². The number of carboxylic acids is 1. The van der Waals surface area contributed by atoms with Crippen molar-refractivity contribution in [2.45, 2.75) is 13.5 Å². The summed E-state index contributed by atoms with van der Waals surface area (Å²) in [5.74, 6) is -1.79. The van der Waals surface area contributed by atoms with Crippen molar-refractivity contribution in [3.8, 4) is 0 Å². The van der Waals surface area contributed by atoms with Crippen molar-refractivity contribution < 1.29 is 14.7 Å². The lowest BCUT2D eigenvalue weighted by atomic mass is 10.1. The molecule has 0 aliphatic rings. The zero-order valence-electron chi connectivity index (χ0n) is 11.7. The van der Waals surface area contributed by atoms with Crippen LogP contribution >= 0.6 is 0 Å². The molecule has 2 aromatic rings. The van der Waals surface area contributed by atoms with E-state index < -0.39 is 11.9 Å². The molecule has 0 aliphatic carbocycles. The van der Waals surface area contributed by atoms with E-state index in [1.54, 1.807) is 6.92 Å². The summed E-state index contributed by atoms with van der Waals surface area (Å²) in [7, 11) is 0. The Balaban J connectivity index is 2.17. The van der Waals surface area contributed by atoms with Crippen molar-refractivity contribution >= 4 is 11.9 Å². The largest absolute Gasteiger partial charge is 0.481 e. The molecule has 1 heterocycles. The lowest BCUT2D eigenvalue weighted by molar-refractivity contribution is -0.141. The zero-order valence-corrected chi connectivity index (χ0v) is 11.7. The van der Waals surface area contributed by atoms with E-state index in [1.807, 2.05) is 30.3 Å². The first kappa shape index (κ1) is 14.8. The maximum Gasteiger partial charge on any atom is 0.308 e. The molecule has 0 radical (unpaired) electrons. The number of nitrogens with zero attached hydrogens (tertiary/aromatic N) is 2. The van der Waals surface area contributed by atoms with E-state index >= 15 is 0 Å². The minimum Gasteiger partial charge on any atom is -0.481 e. The second kappa shape index (κ2) is 6.69. The van der Waals surface area contributed by atoms with E-state index in [2.05, 4.69) is 10.2 Å². The van der Waals surface area contributed by atoms with Crippen LogP contribution in [-0.4, -0.2) is 38.6 Å². The van der Waals surface area contributed by atoms with Gasteiger partial charge in [0.05, 0.1) is 17.7 Å². The van der Waals surface area contributed by atoms with Gasteiger partial charge in [-0.2, -0.15) is 5.10 Å². The molecule has 110 valence electrons. The summed E-state index contributed by atoms with van der Waals surface area (Å²) >= 11 is 0. The Bertz CT molecular complexity index is 596. The Kier molecular flexibility index (Phi) is 4.71. The van der Waals surface area contributed by atoms with E-state index in [9.17, 15) is 9.59 Å². The third kappa shape index (κ3) is 3.92. The summed E-state index contributed by atoms with van der Waals surface area (Å²) in [6.07, 6.45) is 2.94. The summed E-state index contributed by atoms with van der Waals surface area (Å²) in [6.45, 7) is 2.10. The second-order valence-corrected chi connectivity index (χ2v) is 4.90. The van der Waals surface area contributed by atoms with Gasteiger partial charge in [-0.1, -0.05) is 37.3 Å². The molecule has 0 fully saturated rings. The van der Waals surface area contributed by atoms with E-state index in [-0.39, 0.29) is 12.5 Å². The Hall–Kier alpha value is -2.63. The van der Waals surface area contributed by atoms with Gasteiger partial charge in [0, 0.05) is 19.3 Å². The van der Waals surface area contributed by atoms with Crippen molar-refractivity contribution in [2.75, 3.05) is 6.54 Å². The average Bonchev–Trinajstić information content (AvgIpc) is 3.01. The van der Waals surface area contributed by atoms with Gasteiger partial charge in [-0.05, 0) is 5.56 Å². The standard InChI is InChI=1S/C15H17N3O3/c1-11(15(20)21)9-18(10-12-5-3-2-4-6-12)14(19)13-7-16-17-8-13/h2-8,11H,9-10H2,1H3,(H,16,17)(H,20,21). The molecule has 1 amide bonds. The number of benzene rings is 1. The van der Waals surface area contributed by atoms with Crippen LogP contribution in [0.25, 0.3) is 0 Å². The molecule has 1 aromatic heterocycles. The van der Waals surface area contributed by atoms with E-state index in [1.165, 1.54) is 17.3 Å². The first-order valence-electron chi connectivity index (χ1n) is 6.62. The van der Waals surface area contributed by atoms with Crippen molar-refractivity contribution in [3.05, 3.63) is 53.9 Å². The maximum atomic E-state index is 12.4. The minimum atomic E-state index is -0.923. The van der Waals surface area contributed by atoms with Gasteiger partial charge in [0.2, 0.25) is 0 Å². The number of carbonyl (C=O) groups is 2. The summed E-state index contributed by atoms with van der Waals surface area (Å²) < 4.78 is 0. The molecular weight excluding hydrogens is 270 g/mol. The summed E-state index contributed by atoms with van der Waals surface area (Å²) in [5, 5.41) is 15.4. The highest BCUT2D eigenvalue weighted by Crippen LogP contribution is 2.12. The van der Waals surface area contributed by atoms with Gasteiger partial charge in [-0.3, -0.25) is 14.7 Å². The molecule has 1 unspecified atom stereocenters. The normalized spacial score (nSPS) is 11.9. The molecule has 0 aliphatic heterocycles. The fraction of sp³-hybridized carbons (Fsp3) is 0.267. The summed E-state index contributed by atoms with van der Waals surface area (Å²) in [4.78, 5) is 25.0. The second-order valence-electron chi connectivity index (χ2n) is 4.90. The molecule has 1 atom stereocenters. The van der Waals surface area contributed by atoms with Crippen LogP contribution in [0.4, 0.5) is 0 Å². The van der Waals surface area contributed by atoms with E-state index in [0.29, 0.717) is 12.1 Å². The quantitative estimate of drug-likeness (QED) is 0.847. The van der Waals surface area contributed by atoms with Gasteiger partial charge in [0.15, 0.2) is 0 Å². The van der Waals surface area contributed by atoms with Crippen LogP contribution in [-0.2, 0) is 11.3 Å². The smallest absolute Gasteiger partial charge is 0.308 e. The van der Waals surface area contributed by atoms with Crippen LogP contribution in [0, 0.1) is 5.92 Å². The Morgan fingerprint density at radius 1 is 1.33 bits per heavy atom. The monoisotopic (exact) mass is 287 g/mol. The summed E-state index contributed by atoms with van der Waals surface area (Å²) in [6, 6.07) is 9.47. The molecule has 0 bridgehead atoms. The predicted octanol–water partition coefficient (Wildman–Crippen LogP) is 1.77. The highest BCUT2D eigenvalue weighted by Gasteiger charge is 2.22. The molecule has 2 N–H and O–H groups in total. The van der Waals surface area contributed by atoms with Gasteiger partial charge in [0.25, 0.3) is 5.91 Å². The van der Waals surface area contributed by atoms with Gasteiger partial charge in [-0.15, -0.1) is 0 Å². The number of hydrogen-bond donors (Lipinski definition) is 2. The average molecular weight is 287 g/mol. The fourth-order valence-corrected chi connectivity index (χ4v) is 1.98. The van der Waals surface area contributed by atoms with E-state index in [0.717, 1.165) is 5.56 Å². The molecule has 0 spiro atoms. The number of carbonyl (C=O) groups excluding carboxylic acids is 1. The van der Waals surface area contributed by atoms with Crippen molar-refractivity contribution in [2.24, 2.45) is 5.92 Å². The molecule has 6 heteroatoms. The van der Waals surface area contributed by atoms with Gasteiger partial charge < -0.3 is 10.0 Å². The number of rotatable bonds is 6. The highest BCUT2D eigenvalue weighted by molar-refractivity contribution is 5.93. The van der Waals surface area contributed by atoms with Gasteiger partial charge in [0.1, 0.15) is 0 Å². The number of amides is 1. The number of aromatic amines is 1. The van der Waals surface area contributed by atoms with Crippen LogP contribution in [0.3, 0.4) is 0 Å². The Morgan fingerprint density at radius 3 is 2.62 bits per heavy atom. The SMILES string of the molecule is CC(CN(Cc1ccccc1)C(=O)c1cn[nH]c1)C(=O)O. The molecule has 0 saturated carbocycles. The number of nitrogens with one attached hydrogen (secondary N) is 1. The molecule has 0 saturated heterocycles. The van der Waals surface area contributed by atoms with Crippen LogP contribution in [0.5, 0.6) is 0 Å². The third-order valence-electron chi connectivity index (χ3n) is 3.16. The van der Waals surface area contributed by atoms with Crippen molar-refractivity contribution in [3.63, 3.8) is 0 Å². The highest BCUT2D eigenvalue weighted by atomic mass is 16.4. The lowest BCUT2D eigenvalue weighted by Crippen LogP contribution is -2.36. The first-order valence-corrected chi connectivity index (χ1v) is 6.62. The van der Waals surface area contributed by atoms with Crippen LogP contribution < -0.4 is 0 Å². The number of aliphatic carboxylic acids is 1. The third-order valence-corrected chi connectivity index (χ3v) is 3.16. The number of aromatic nitrogens is 2. The number of carboxylic acid groups (broad SMARTS) is 1. The Morgan fingerprint density at radius 2 is 2.05 bits per heavy atom. The minimum absolute atomic E-state index is 0.147. The molecule has 6 nitrogen and oxygen atoms in total. The maximum absolute atomic E-state index is 12.4. The number of H-pyrrole nitrogens is 1. The topological polar surface area (TPSA) is 86.3 Å². The van der Waals surface area contributed by atoms with Gasteiger partial charge in [-0.25, -0.2) is 0 Å². The summed E-state index contributed by atoms with van der Waals surface area (Å²) in [5.41, 5.74) is 1.37. The molecule has 21 heavy (non-hydrogen) atoms. The molecule has 1 aromatic carbocycles. The first-order chi connectivity index (χ1) is 10.1. The molecular formula is C15H17N3O3. The van der Waals surface area contributed by atoms with Crippen LogP contribution in [0.15, 0.2) is 42.7 Å². The Labute approximate surface area is 122 Å². The van der Waals surface area contributed by atoms with Crippen molar-refractivity contribution in [1.82, 2.24) is 15.1 Å². The van der Waals surface area contributed by atoms with Crippen LogP contribution in [0.2, 0.25) is 0 Å². The lowest BCUT2D eigenvalue weighted by Gasteiger charge is -2.24. The van der Waals surface area contributed by atoms with Crippen molar-refractivity contribution in [1.29, 1.82) is 0 Å². The number of hydrogen-bond acceptors (Lipinski definition) is 3.